The minimum Gasteiger partial charge on any atom is -0.364 e. The van der Waals surface area contributed by atoms with Crippen LogP contribution in [0.1, 0.15) is 12.8 Å². The van der Waals surface area contributed by atoms with Gasteiger partial charge in [-0.1, -0.05) is 0 Å². The predicted octanol–water partition coefficient (Wildman–Crippen LogP) is 2.78. The van der Waals surface area contributed by atoms with E-state index in [1.165, 1.54) is 6.20 Å². The Balaban J connectivity index is 1.92. The zero-order valence-electron chi connectivity index (χ0n) is 15.8. The number of benzene rings is 1. The SMILES string of the molecule is CN(c1ccc(S(=O)(=O)C(F)(F)F)cc1[N+](=O)[O-])C1CCCN(c2cccnn2)C1. The number of anilines is 2. The molecule has 0 bridgehead atoms. The second kappa shape index (κ2) is 8.05. The minimum atomic E-state index is -5.69. The van der Waals surface area contributed by atoms with Crippen LogP contribution >= 0.6 is 0 Å². The number of aromatic nitrogens is 2. The van der Waals surface area contributed by atoms with Gasteiger partial charge in [0.2, 0.25) is 0 Å². The van der Waals surface area contributed by atoms with Crippen LogP contribution in [0, 0.1) is 10.1 Å². The van der Waals surface area contributed by atoms with Crippen molar-refractivity contribution in [2.45, 2.75) is 29.3 Å². The second-order valence-corrected chi connectivity index (χ2v) is 8.73. The van der Waals surface area contributed by atoms with Crippen molar-refractivity contribution in [1.29, 1.82) is 0 Å². The lowest BCUT2D eigenvalue weighted by Crippen LogP contribution is -2.47. The van der Waals surface area contributed by atoms with Crippen LogP contribution in [-0.2, 0) is 9.84 Å². The molecule has 1 saturated heterocycles. The lowest BCUT2D eigenvalue weighted by Gasteiger charge is -2.38. The van der Waals surface area contributed by atoms with Gasteiger partial charge in [-0.05, 0) is 37.1 Å². The van der Waals surface area contributed by atoms with Crippen LogP contribution in [-0.4, -0.2) is 55.2 Å². The number of halogens is 3. The summed E-state index contributed by atoms with van der Waals surface area (Å²) in [6, 6.07) is 5.56. The molecule has 1 aromatic carbocycles. The fraction of sp³-hybridized carbons (Fsp3) is 0.412. The van der Waals surface area contributed by atoms with Crippen LogP contribution < -0.4 is 9.80 Å². The van der Waals surface area contributed by atoms with Crippen LogP contribution in [0.3, 0.4) is 0 Å². The van der Waals surface area contributed by atoms with Crippen molar-refractivity contribution in [3.63, 3.8) is 0 Å². The molecule has 0 amide bonds. The molecule has 1 aromatic heterocycles. The van der Waals surface area contributed by atoms with E-state index in [0.29, 0.717) is 31.4 Å². The van der Waals surface area contributed by atoms with Crippen LogP contribution in [0.15, 0.2) is 41.4 Å². The molecule has 2 aromatic rings. The molecule has 0 N–H and O–H groups in total. The number of nitrogens with zero attached hydrogens (tertiary/aromatic N) is 5. The molecule has 1 unspecified atom stereocenters. The topological polar surface area (TPSA) is 110 Å². The molecule has 1 fully saturated rings. The molecule has 2 heterocycles. The van der Waals surface area contributed by atoms with E-state index in [4.69, 9.17) is 0 Å². The van der Waals surface area contributed by atoms with Gasteiger partial charge in [0.25, 0.3) is 15.5 Å². The Kier molecular flexibility index (Phi) is 5.83. The summed E-state index contributed by atoms with van der Waals surface area (Å²) in [7, 11) is -4.10. The van der Waals surface area contributed by atoms with Crippen LogP contribution in [0.25, 0.3) is 0 Å². The molecule has 1 aliphatic heterocycles. The number of nitro benzene ring substituents is 1. The molecule has 30 heavy (non-hydrogen) atoms. The molecule has 1 atom stereocenters. The molecule has 1 aliphatic rings. The van der Waals surface area contributed by atoms with Crippen molar-refractivity contribution in [2.75, 3.05) is 29.9 Å². The van der Waals surface area contributed by atoms with Gasteiger partial charge in [0, 0.05) is 38.4 Å². The average Bonchev–Trinajstić information content (AvgIpc) is 2.72. The van der Waals surface area contributed by atoms with Crippen molar-refractivity contribution in [3.8, 4) is 0 Å². The maximum absolute atomic E-state index is 12.8. The first-order valence-electron chi connectivity index (χ1n) is 8.87. The maximum atomic E-state index is 12.8. The van der Waals surface area contributed by atoms with Gasteiger partial charge >= 0.3 is 5.51 Å². The summed E-state index contributed by atoms with van der Waals surface area (Å²) in [6.45, 7) is 1.18. The zero-order valence-corrected chi connectivity index (χ0v) is 16.6. The smallest absolute Gasteiger partial charge is 0.364 e. The normalized spacial score (nSPS) is 17.6. The largest absolute Gasteiger partial charge is 0.501 e. The highest BCUT2D eigenvalue weighted by Gasteiger charge is 2.47. The van der Waals surface area contributed by atoms with Crippen molar-refractivity contribution in [1.82, 2.24) is 10.2 Å². The molecule has 0 aliphatic carbocycles. The quantitative estimate of drug-likeness (QED) is 0.511. The summed E-state index contributed by atoms with van der Waals surface area (Å²) >= 11 is 0. The second-order valence-electron chi connectivity index (χ2n) is 6.79. The van der Waals surface area contributed by atoms with Crippen molar-refractivity contribution >= 4 is 27.0 Å². The molecular weight excluding hydrogens is 427 g/mol. The Morgan fingerprint density at radius 2 is 2.03 bits per heavy atom. The van der Waals surface area contributed by atoms with Gasteiger partial charge in [-0.2, -0.15) is 18.3 Å². The van der Waals surface area contributed by atoms with E-state index in [2.05, 4.69) is 10.2 Å². The Hall–Kier alpha value is -2.96. The summed E-state index contributed by atoms with van der Waals surface area (Å²) in [5.74, 6) is 0.650. The molecule has 13 heteroatoms. The van der Waals surface area contributed by atoms with Gasteiger partial charge in [-0.15, -0.1) is 5.10 Å². The number of likely N-dealkylation sites (N-methyl/N-ethyl adjacent to an activating group) is 1. The molecular formula is C17H18F3N5O4S. The van der Waals surface area contributed by atoms with E-state index in [-0.39, 0.29) is 11.7 Å². The lowest BCUT2D eigenvalue weighted by atomic mass is 10.0. The third kappa shape index (κ3) is 4.15. The van der Waals surface area contributed by atoms with E-state index in [9.17, 15) is 31.7 Å². The van der Waals surface area contributed by atoms with Gasteiger partial charge in [0.1, 0.15) is 5.69 Å². The monoisotopic (exact) mass is 445 g/mol. The number of nitro groups is 1. The number of alkyl halides is 3. The van der Waals surface area contributed by atoms with E-state index >= 15 is 0 Å². The molecule has 0 radical (unpaired) electrons. The first-order chi connectivity index (χ1) is 14.0. The standard InChI is InChI=1S/C17H18F3N5O4S/c1-23(12-4-3-9-24(11-12)16-5-2-8-21-22-16)14-7-6-13(10-15(14)25(26)27)30(28,29)17(18,19)20/h2,5-8,10,12H,3-4,9,11H2,1H3. The number of rotatable bonds is 5. The fourth-order valence-corrected chi connectivity index (χ4v) is 4.17. The molecule has 162 valence electrons. The van der Waals surface area contributed by atoms with Crippen molar-refractivity contribution in [3.05, 3.63) is 46.6 Å². The summed E-state index contributed by atoms with van der Waals surface area (Å²) in [5, 5.41) is 19.4. The van der Waals surface area contributed by atoms with E-state index in [1.807, 2.05) is 4.90 Å². The Labute approximate surface area is 170 Å². The van der Waals surface area contributed by atoms with Crippen LogP contribution in [0.4, 0.5) is 30.4 Å². The summed E-state index contributed by atoms with van der Waals surface area (Å²) in [5.41, 5.74) is -6.22. The highest BCUT2D eigenvalue weighted by molar-refractivity contribution is 7.92. The minimum absolute atomic E-state index is 0.0344. The van der Waals surface area contributed by atoms with Gasteiger partial charge in [-0.3, -0.25) is 10.1 Å². The third-order valence-electron chi connectivity index (χ3n) is 4.97. The summed E-state index contributed by atoms with van der Waals surface area (Å²) < 4.78 is 61.7. The molecule has 3 rings (SSSR count). The molecule has 0 spiro atoms. The van der Waals surface area contributed by atoms with Crippen molar-refractivity contribution in [2.24, 2.45) is 0 Å². The Morgan fingerprint density at radius 1 is 1.30 bits per heavy atom. The van der Waals surface area contributed by atoms with Gasteiger partial charge in [0.15, 0.2) is 5.82 Å². The predicted molar refractivity (Wildman–Crippen MR) is 102 cm³/mol. The highest BCUT2D eigenvalue weighted by Crippen LogP contribution is 2.37. The summed E-state index contributed by atoms with van der Waals surface area (Å²) in [4.78, 5) is 13.0. The lowest BCUT2D eigenvalue weighted by molar-refractivity contribution is -0.384. The van der Waals surface area contributed by atoms with E-state index < -0.39 is 30.9 Å². The number of hydrogen-bond donors (Lipinski definition) is 0. The van der Waals surface area contributed by atoms with Gasteiger partial charge in [0.05, 0.1) is 9.82 Å². The first-order valence-corrected chi connectivity index (χ1v) is 10.4. The molecule has 0 saturated carbocycles. The van der Waals surface area contributed by atoms with Crippen LogP contribution in [0.5, 0.6) is 0 Å². The summed E-state index contributed by atoms with van der Waals surface area (Å²) in [6.07, 6.45) is 2.99. The third-order valence-corrected chi connectivity index (χ3v) is 6.45. The maximum Gasteiger partial charge on any atom is 0.501 e. The zero-order chi connectivity index (χ0) is 22.1. The van der Waals surface area contributed by atoms with Crippen molar-refractivity contribution < 1.29 is 26.5 Å². The fourth-order valence-electron chi connectivity index (χ4n) is 3.39. The Morgan fingerprint density at radius 3 is 2.63 bits per heavy atom. The van der Waals surface area contributed by atoms with Gasteiger partial charge < -0.3 is 9.80 Å². The number of sulfone groups is 1. The molecule has 9 nitrogen and oxygen atoms in total. The van der Waals surface area contributed by atoms with Gasteiger partial charge in [-0.25, -0.2) is 8.42 Å². The number of hydrogen-bond acceptors (Lipinski definition) is 8. The Bertz CT molecular complexity index is 1030. The number of piperidine rings is 1. The first kappa shape index (κ1) is 21.7. The van der Waals surface area contributed by atoms with E-state index in [1.54, 1.807) is 24.1 Å². The average molecular weight is 445 g/mol. The highest BCUT2D eigenvalue weighted by atomic mass is 32.2. The van der Waals surface area contributed by atoms with Crippen LogP contribution in [0.2, 0.25) is 0 Å². The van der Waals surface area contributed by atoms with E-state index in [0.717, 1.165) is 18.6 Å².